The molecule has 0 unspecified atom stereocenters. The second-order valence-electron chi connectivity index (χ2n) is 3.71. The van der Waals surface area contributed by atoms with Crippen molar-refractivity contribution in [1.82, 2.24) is 9.97 Å². The first-order valence-electron chi connectivity index (χ1n) is 5.49. The van der Waals surface area contributed by atoms with Crippen LogP contribution in [0.3, 0.4) is 0 Å². The number of carbonyl (C=O) groups excluding carboxylic acids is 1. The Labute approximate surface area is 104 Å². The molecule has 1 heterocycles. The van der Waals surface area contributed by atoms with E-state index in [1.165, 1.54) is 11.8 Å². The summed E-state index contributed by atoms with van der Waals surface area (Å²) in [5, 5.41) is 0.178. The van der Waals surface area contributed by atoms with Crippen LogP contribution >= 0.6 is 11.8 Å². The molecule has 0 aliphatic carbocycles. The molecule has 0 atom stereocenters. The molecule has 2 aromatic rings. The Bertz CT molecular complexity index is 545. The van der Waals surface area contributed by atoms with E-state index in [1.54, 1.807) is 13.3 Å². The third-order valence-corrected chi connectivity index (χ3v) is 3.19. The van der Waals surface area contributed by atoms with Crippen LogP contribution in [0.1, 0.15) is 18.9 Å². The summed E-state index contributed by atoms with van der Waals surface area (Å²) >= 11 is 1.36. The van der Waals surface area contributed by atoms with E-state index in [0.717, 1.165) is 28.8 Å². The number of allylic oxidation sites excluding steroid dienone is 1. The zero-order chi connectivity index (χ0) is 12.1. The zero-order valence-corrected chi connectivity index (χ0v) is 10.5. The van der Waals surface area contributed by atoms with Gasteiger partial charge in [-0.05, 0) is 24.1 Å². The van der Waals surface area contributed by atoms with Gasteiger partial charge in [-0.15, -0.1) is 0 Å². The van der Waals surface area contributed by atoms with Gasteiger partial charge in [-0.2, -0.15) is 0 Å². The van der Waals surface area contributed by atoms with Crippen molar-refractivity contribution in [3.8, 4) is 0 Å². The van der Waals surface area contributed by atoms with E-state index in [0.29, 0.717) is 0 Å². The van der Waals surface area contributed by atoms with Crippen LogP contribution in [0.5, 0.6) is 0 Å². The van der Waals surface area contributed by atoms with Crippen molar-refractivity contribution >= 4 is 34.0 Å². The molecule has 0 spiro atoms. The first-order chi connectivity index (χ1) is 8.25. The van der Waals surface area contributed by atoms with Crippen LogP contribution in [0.4, 0.5) is 0 Å². The lowest BCUT2D eigenvalue weighted by molar-refractivity contribution is -0.109. The summed E-state index contributed by atoms with van der Waals surface area (Å²) in [5.74, 6) is 0.845. The van der Waals surface area contributed by atoms with Gasteiger partial charge in [-0.3, -0.25) is 4.79 Å². The number of rotatable bonds is 4. The first-order valence-corrected chi connectivity index (χ1v) is 6.47. The molecule has 17 heavy (non-hydrogen) atoms. The molecule has 0 saturated carbocycles. The molecule has 1 aromatic carbocycles. The fraction of sp³-hybridized carbons (Fsp3) is 0.231. The average molecular weight is 246 g/mol. The van der Waals surface area contributed by atoms with Gasteiger partial charge in [-0.25, -0.2) is 4.98 Å². The number of H-pyrrole nitrogens is 1. The van der Waals surface area contributed by atoms with Gasteiger partial charge in [0, 0.05) is 12.7 Å². The molecule has 0 bridgehead atoms. The second-order valence-corrected chi connectivity index (χ2v) is 4.98. The van der Waals surface area contributed by atoms with E-state index in [-0.39, 0.29) is 5.12 Å². The quantitative estimate of drug-likeness (QED) is 0.842. The third-order valence-electron chi connectivity index (χ3n) is 2.34. The van der Waals surface area contributed by atoms with Gasteiger partial charge in [-0.1, -0.05) is 30.0 Å². The molecule has 0 amide bonds. The highest BCUT2D eigenvalue weighted by Gasteiger charge is 1.95. The van der Waals surface area contributed by atoms with Crippen LogP contribution in [0.25, 0.3) is 17.1 Å². The number of nitrogens with zero attached hydrogens (tertiary/aromatic N) is 1. The van der Waals surface area contributed by atoms with E-state index < -0.39 is 0 Å². The van der Waals surface area contributed by atoms with Crippen molar-refractivity contribution in [3.05, 3.63) is 36.2 Å². The normalized spacial score (nSPS) is 11.4. The van der Waals surface area contributed by atoms with Crippen LogP contribution in [0.15, 0.2) is 30.6 Å². The molecule has 4 heteroatoms. The number of hydrogen-bond acceptors (Lipinski definition) is 3. The van der Waals surface area contributed by atoms with Crippen molar-refractivity contribution in [2.45, 2.75) is 13.3 Å². The van der Waals surface area contributed by atoms with Crippen LogP contribution in [0.2, 0.25) is 0 Å². The summed E-state index contributed by atoms with van der Waals surface area (Å²) in [6.07, 6.45) is 6.77. The topological polar surface area (TPSA) is 45.8 Å². The molecule has 0 aliphatic heterocycles. The Morgan fingerprint density at radius 2 is 2.41 bits per heavy atom. The molecule has 0 saturated heterocycles. The maximum absolute atomic E-state index is 10.7. The van der Waals surface area contributed by atoms with Crippen LogP contribution in [-0.4, -0.2) is 20.8 Å². The van der Waals surface area contributed by atoms with E-state index in [2.05, 4.69) is 28.2 Å². The number of imidazole rings is 1. The lowest BCUT2D eigenvalue weighted by Crippen LogP contribution is -1.83. The van der Waals surface area contributed by atoms with Gasteiger partial charge >= 0.3 is 0 Å². The summed E-state index contributed by atoms with van der Waals surface area (Å²) in [7, 11) is 0. The Hall–Kier alpha value is -1.55. The number of aromatic nitrogens is 2. The Morgan fingerprint density at radius 1 is 1.53 bits per heavy atom. The third kappa shape index (κ3) is 3.46. The number of benzene rings is 1. The highest BCUT2D eigenvalue weighted by atomic mass is 32.2. The highest BCUT2D eigenvalue weighted by Crippen LogP contribution is 2.13. The minimum atomic E-state index is 0.178. The molecular formula is C13H14N2OS. The van der Waals surface area contributed by atoms with Gasteiger partial charge in [0.2, 0.25) is 0 Å². The first kappa shape index (κ1) is 11.9. The molecule has 0 aliphatic rings. The fourth-order valence-corrected chi connectivity index (χ4v) is 2.09. The molecule has 88 valence electrons. The number of nitrogens with one attached hydrogen (secondary N) is 1. The van der Waals surface area contributed by atoms with E-state index >= 15 is 0 Å². The number of aromatic amines is 1. The van der Waals surface area contributed by atoms with Crippen molar-refractivity contribution in [1.29, 1.82) is 0 Å². The number of carbonyl (C=O) groups is 1. The van der Waals surface area contributed by atoms with Gasteiger partial charge in [0.25, 0.3) is 0 Å². The predicted molar refractivity (Wildman–Crippen MR) is 72.9 cm³/mol. The van der Waals surface area contributed by atoms with Crippen molar-refractivity contribution in [3.63, 3.8) is 0 Å². The van der Waals surface area contributed by atoms with Crippen molar-refractivity contribution < 1.29 is 4.79 Å². The van der Waals surface area contributed by atoms with Gasteiger partial charge < -0.3 is 4.98 Å². The highest BCUT2D eigenvalue weighted by molar-refractivity contribution is 8.13. The summed E-state index contributed by atoms with van der Waals surface area (Å²) in [6, 6.07) is 6.10. The lowest BCUT2D eigenvalue weighted by Gasteiger charge is -1.94. The molecule has 1 aromatic heterocycles. The minimum absolute atomic E-state index is 0.178. The zero-order valence-electron chi connectivity index (χ0n) is 9.64. The monoisotopic (exact) mass is 246 g/mol. The maximum atomic E-state index is 10.7. The second kappa shape index (κ2) is 5.68. The summed E-state index contributed by atoms with van der Waals surface area (Å²) in [6.45, 7) is 1.60. The van der Waals surface area contributed by atoms with Gasteiger partial charge in [0.1, 0.15) is 0 Å². The molecule has 1 N–H and O–H groups in total. The average Bonchev–Trinajstić information content (AvgIpc) is 2.75. The van der Waals surface area contributed by atoms with Gasteiger partial charge in [0.15, 0.2) is 5.12 Å². The molecular weight excluding hydrogens is 232 g/mol. The van der Waals surface area contributed by atoms with Crippen molar-refractivity contribution in [2.24, 2.45) is 0 Å². The summed E-state index contributed by atoms with van der Waals surface area (Å²) < 4.78 is 0. The van der Waals surface area contributed by atoms with Crippen LogP contribution in [0, 0.1) is 0 Å². The molecule has 0 radical (unpaired) electrons. The van der Waals surface area contributed by atoms with Crippen LogP contribution in [-0.2, 0) is 4.79 Å². The van der Waals surface area contributed by atoms with Crippen molar-refractivity contribution in [2.75, 3.05) is 5.75 Å². The molecule has 2 rings (SSSR count). The largest absolute Gasteiger partial charge is 0.345 e. The van der Waals surface area contributed by atoms with E-state index in [4.69, 9.17) is 0 Å². The maximum Gasteiger partial charge on any atom is 0.185 e. The van der Waals surface area contributed by atoms with E-state index in [1.807, 2.05) is 12.1 Å². The minimum Gasteiger partial charge on any atom is -0.345 e. The number of fused-ring (bicyclic) bond motifs is 1. The smallest absolute Gasteiger partial charge is 0.185 e. The Kier molecular flexibility index (Phi) is 3.98. The fourth-order valence-electron chi connectivity index (χ4n) is 1.55. The Balaban J connectivity index is 1.93. The number of thioether (sulfide) groups is 1. The lowest BCUT2D eigenvalue weighted by atomic mass is 10.2. The summed E-state index contributed by atoms with van der Waals surface area (Å²) in [4.78, 5) is 18.0. The predicted octanol–water partition coefficient (Wildman–Crippen LogP) is 3.25. The number of hydrogen-bond donors (Lipinski definition) is 1. The standard InChI is InChI=1S/C13H14N2OS/c1-10(16)17-7-3-2-4-11-5-6-12-13(8-11)15-9-14-12/h2,4-6,8-9H,3,7H2,1H3,(H,14,15). The SMILES string of the molecule is CC(=O)SCCC=Cc1ccc2nc[nH]c2c1. The van der Waals surface area contributed by atoms with Crippen LogP contribution < -0.4 is 0 Å². The Morgan fingerprint density at radius 3 is 3.24 bits per heavy atom. The molecule has 3 nitrogen and oxygen atoms in total. The van der Waals surface area contributed by atoms with E-state index in [9.17, 15) is 4.79 Å². The summed E-state index contributed by atoms with van der Waals surface area (Å²) in [5.41, 5.74) is 3.18. The molecule has 0 fully saturated rings. The van der Waals surface area contributed by atoms with Gasteiger partial charge in [0.05, 0.1) is 17.4 Å².